The molecule has 3 aliphatic heterocycles. The highest BCUT2D eigenvalue weighted by Crippen LogP contribution is 2.36. The molecular weight excluding hydrogens is 980 g/mol. The Balaban J connectivity index is 1.24. The molecule has 2 aromatic heterocycles. The van der Waals surface area contributed by atoms with Crippen LogP contribution in [0, 0.1) is 35.5 Å². The van der Waals surface area contributed by atoms with Crippen LogP contribution in [0.4, 0.5) is 13.2 Å². The molecule has 18 heteroatoms. The molecular formula is C58H80F3N7O8. The third-order valence-electron chi connectivity index (χ3n) is 15.6. The van der Waals surface area contributed by atoms with Crippen LogP contribution >= 0.6 is 0 Å². The molecule has 3 aliphatic rings. The second kappa shape index (κ2) is 26.2. The van der Waals surface area contributed by atoms with Gasteiger partial charge in [0.25, 0.3) is 0 Å². The Morgan fingerprint density at radius 3 is 2.30 bits per heavy atom. The standard InChI is InChI=1S/C58H80F3N7O8/c1-10-51-44(32-67-29-36(3)23-37(4)30-67)24-35(2)15-20-49(69)38(5)25-43(56(39(6)50(70)27-52(71)75-51)76-57-55(73)53(65(8)9)54(72)40(7)74-57)21-22-66(31-41-16-18-45(19-17-41)58(59,60)61)33-46-34-68(64-63-46)47-26-42-13-11-12-14-48(42)62-28-47/h11-20,24,26,28,34,36-40,43-44,50-51,53-57,70,72-73H,10,21-23,25,27,29-33H2,1-9H3/b20-15+,35-24+/t36?,37?,38-,39+,40-,43+,44-,50-,51-,53+,54-,55-,56-,57+/m1/s1. The number of hydrogen-bond donors (Lipinski definition) is 3. The van der Waals surface area contributed by atoms with E-state index in [-0.39, 0.29) is 44.2 Å². The average Bonchev–Trinajstić information content (AvgIpc) is 3.84. The van der Waals surface area contributed by atoms with E-state index in [2.05, 4.69) is 40.1 Å². The van der Waals surface area contributed by atoms with Crippen molar-refractivity contribution >= 4 is 22.7 Å². The smallest absolute Gasteiger partial charge is 0.416 e. The fourth-order valence-electron chi connectivity index (χ4n) is 11.6. The van der Waals surface area contributed by atoms with Crippen molar-refractivity contribution in [1.29, 1.82) is 0 Å². The minimum Gasteiger partial charge on any atom is -0.462 e. The predicted octanol–water partition coefficient (Wildman–Crippen LogP) is 8.04. The second-order valence-corrected chi connectivity index (χ2v) is 22.4. The summed E-state index contributed by atoms with van der Waals surface area (Å²) >= 11 is 0. The van der Waals surface area contributed by atoms with Crippen LogP contribution in [-0.4, -0.2) is 151 Å². The van der Waals surface area contributed by atoms with Gasteiger partial charge in [-0.3, -0.25) is 19.5 Å². The SMILES string of the molecule is CC[C@H]1OC(=O)C[C@@H](O)[C@H](C)[C@@H](O[C@@H]2O[C@H](C)[C@@H](O)[C@H](N(C)C)[C@H]2O)[C@@H](CCN(Cc2ccc(C(F)(F)F)cc2)Cc2cn(-c3cnc4ccccc4c3)nn2)C[C@@H](C)C(=O)/C=C/C(C)=C/[C@@H]1CN1CC(C)CC(C)C1. The number of esters is 1. The van der Waals surface area contributed by atoms with Gasteiger partial charge in [0.2, 0.25) is 0 Å². The van der Waals surface area contributed by atoms with E-state index < -0.39 is 84.4 Å². The van der Waals surface area contributed by atoms with E-state index in [0.717, 1.165) is 48.1 Å². The molecule has 3 N–H and O–H groups in total. The maximum atomic E-state index is 14.3. The van der Waals surface area contributed by atoms with Gasteiger partial charge in [-0.25, -0.2) is 4.68 Å². The molecule has 14 atom stereocenters. The summed E-state index contributed by atoms with van der Waals surface area (Å²) in [5.74, 6) is -1.82. The van der Waals surface area contributed by atoms with E-state index in [0.29, 0.717) is 48.2 Å². The van der Waals surface area contributed by atoms with E-state index in [1.807, 2.05) is 62.1 Å². The zero-order valence-corrected chi connectivity index (χ0v) is 45.6. The summed E-state index contributed by atoms with van der Waals surface area (Å²) in [4.78, 5) is 39.2. The third-order valence-corrected chi connectivity index (χ3v) is 15.6. The fraction of sp³-hybridized carbons (Fsp3) is 0.603. The van der Waals surface area contributed by atoms with Gasteiger partial charge in [-0.1, -0.05) is 87.9 Å². The number of aromatic nitrogens is 4. The number of benzene rings is 2. The lowest BCUT2D eigenvalue weighted by Crippen LogP contribution is -2.63. The summed E-state index contributed by atoms with van der Waals surface area (Å²) in [5.41, 5.74) is 2.76. The Morgan fingerprint density at radius 1 is 0.908 bits per heavy atom. The molecule has 0 radical (unpaired) electrons. The van der Waals surface area contributed by atoms with Crippen LogP contribution in [0.5, 0.6) is 0 Å². The summed E-state index contributed by atoms with van der Waals surface area (Å²) in [7, 11) is 3.47. The monoisotopic (exact) mass is 1060 g/mol. The van der Waals surface area contributed by atoms with Crippen LogP contribution < -0.4 is 0 Å². The van der Waals surface area contributed by atoms with Gasteiger partial charge in [0, 0.05) is 55.9 Å². The first-order valence-electron chi connectivity index (χ1n) is 27.0. The number of carbonyl (C=O) groups excluding carboxylic acids is 2. The summed E-state index contributed by atoms with van der Waals surface area (Å²) in [6, 6.07) is 13.9. The molecule has 416 valence electrons. The van der Waals surface area contributed by atoms with Crippen molar-refractivity contribution in [3.05, 3.63) is 108 Å². The van der Waals surface area contributed by atoms with Gasteiger partial charge in [0.05, 0.1) is 71.7 Å². The first-order chi connectivity index (χ1) is 36.1. The Labute approximate surface area is 446 Å². The first-order valence-corrected chi connectivity index (χ1v) is 27.0. The molecule has 0 bridgehead atoms. The summed E-state index contributed by atoms with van der Waals surface area (Å²) in [6.07, 6.45) is -0.966. The highest BCUT2D eigenvalue weighted by atomic mass is 19.4. The van der Waals surface area contributed by atoms with E-state index in [1.165, 1.54) is 12.1 Å². The molecule has 7 rings (SSSR count). The predicted molar refractivity (Wildman–Crippen MR) is 284 cm³/mol. The summed E-state index contributed by atoms with van der Waals surface area (Å²) < 4.78 is 62.3. The summed E-state index contributed by atoms with van der Waals surface area (Å²) in [6.45, 7) is 16.9. The number of allylic oxidation sites excluding steroid dienone is 3. The van der Waals surface area contributed by atoms with Crippen LogP contribution in [0.1, 0.15) is 97.4 Å². The molecule has 2 aromatic carbocycles. The number of ketones is 1. The second-order valence-electron chi connectivity index (χ2n) is 22.4. The number of halogens is 3. The van der Waals surface area contributed by atoms with Gasteiger partial charge in [-0.05, 0) is 114 Å². The molecule has 0 spiro atoms. The van der Waals surface area contributed by atoms with Crippen molar-refractivity contribution in [1.82, 2.24) is 34.7 Å². The molecule has 0 amide bonds. The average molecular weight is 1060 g/mol. The fourth-order valence-corrected chi connectivity index (χ4v) is 11.6. The molecule has 0 aliphatic carbocycles. The minimum absolute atomic E-state index is 0.134. The number of aliphatic hydroxyl groups excluding tert-OH is 3. The Bertz CT molecular complexity index is 2580. The number of piperidine rings is 1. The highest BCUT2D eigenvalue weighted by Gasteiger charge is 2.47. The largest absolute Gasteiger partial charge is 0.462 e. The highest BCUT2D eigenvalue weighted by molar-refractivity contribution is 5.91. The lowest BCUT2D eigenvalue weighted by Gasteiger charge is -2.47. The number of ether oxygens (including phenoxy) is 3. The normalized spacial score (nSPS) is 32.1. The molecule has 76 heavy (non-hydrogen) atoms. The van der Waals surface area contributed by atoms with E-state index in [1.54, 1.807) is 56.0 Å². The van der Waals surface area contributed by atoms with Crippen molar-refractivity contribution in [2.24, 2.45) is 35.5 Å². The maximum absolute atomic E-state index is 14.3. The zero-order valence-electron chi connectivity index (χ0n) is 45.6. The van der Waals surface area contributed by atoms with E-state index >= 15 is 0 Å². The Hall–Kier alpha value is -4.92. The van der Waals surface area contributed by atoms with Gasteiger partial charge in [0.1, 0.15) is 12.2 Å². The van der Waals surface area contributed by atoms with Crippen molar-refractivity contribution in [3.8, 4) is 5.69 Å². The van der Waals surface area contributed by atoms with Gasteiger partial charge in [0.15, 0.2) is 12.1 Å². The number of pyridine rings is 1. The quantitative estimate of drug-likeness (QED) is 0.104. The molecule has 2 saturated heterocycles. The molecule has 5 heterocycles. The number of rotatable bonds is 14. The molecule has 15 nitrogen and oxygen atoms in total. The van der Waals surface area contributed by atoms with Gasteiger partial charge in [-0.2, -0.15) is 13.2 Å². The number of hydrogen-bond acceptors (Lipinski definition) is 14. The number of alkyl halides is 3. The number of nitrogens with zero attached hydrogens (tertiary/aromatic N) is 7. The molecule has 0 saturated carbocycles. The van der Waals surface area contributed by atoms with Crippen LogP contribution in [0.15, 0.2) is 90.8 Å². The molecule has 2 fully saturated rings. The van der Waals surface area contributed by atoms with Crippen LogP contribution in [0.2, 0.25) is 0 Å². The lowest BCUT2D eigenvalue weighted by molar-refractivity contribution is -0.304. The van der Waals surface area contributed by atoms with Crippen molar-refractivity contribution < 1.29 is 52.3 Å². The van der Waals surface area contributed by atoms with Crippen LogP contribution in [0.25, 0.3) is 16.6 Å². The van der Waals surface area contributed by atoms with Crippen LogP contribution in [-0.2, 0) is 43.1 Å². The topological polar surface area (TPSA) is 176 Å². The third kappa shape index (κ3) is 15.4. The number of cyclic esters (lactones) is 1. The van der Waals surface area contributed by atoms with E-state index in [9.17, 15) is 38.1 Å². The van der Waals surface area contributed by atoms with Gasteiger partial charge < -0.3 is 39.3 Å². The number of carbonyl (C=O) groups is 2. The zero-order chi connectivity index (χ0) is 55.0. The Morgan fingerprint density at radius 2 is 1.62 bits per heavy atom. The van der Waals surface area contributed by atoms with E-state index in [4.69, 9.17) is 14.2 Å². The number of likely N-dealkylation sites (tertiary alicyclic amines) is 1. The van der Waals surface area contributed by atoms with Crippen molar-refractivity contribution in [2.45, 2.75) is 149 Å². The van der Waals surface area contributed by atoms with Gasteiger partial charge in [-0.15, -0.1) is 5.10 Å². The number of likely N-dealkylation sites (N-methyl/N-ethyl adjacent to an activating group) is 1. The van der Waals surface area contributed by atoms with Gasteiger partial charge >= 0.3 is 12.1 Å². The Kier molecular flexibility index (Phi) is 20.2. The number of aliphatic hydroxyl groups is 3. The lowest BCUT2D eigenvalue weighted by atomic mass is 9.79. The molecule has 4 aromatic rings. The minimum atomic E-state index is -4.52. The van der Waals surface area contributed by atoms with Crippen molar-refractivity contribution in [3.63, 3.8) is 0 Å². The number of fused-ring (bicyclic) bond motifs is 1. The first kappa shape index (κ1) is 58.8. The summed E-state index contributed by atoms with van der Waals surface area (Å²) in [5, 5.41) is 45.1. The number of para-hydroxylation sites is 1. The van der Waals surface area contributed by atoms with Crippen LogP contribution in [0.3, 0.4) is 0 Å². The van der Waals surface area contributed by atoms with Crippen molar-refractivity contribution in [2.75, 3.05) is 40.3 Å². The molecule has 2 unspecified atom stereocenters. The maximum Gasteiger partial charge on any atom is 0.416 e.